The zero-order valence-electron chi connectivity index (χ0n) is 14.5. The molecule has 1 amide bonds. The highest BCUT2D eigenvalue weighted by molar-refractivity contribution is 5.99. The summed E-state index contributed by atoms with van der Waals surface area (Å²) < 4.78 is 10.5. The number of benzene rings is 1. The summed E-state index contributed by atoms with van der Waals surface area (Å²) in [6.07, 6.45) is 0.322. The molecule has 1 aromatic rings. The maximum Gasteiger partial charge on any atom is 0.410 e. The number of methoxy groups -OCH3 is 1. The van der Waals surface area contributed by atoms with Crippen molar-refractivity contribution >= 4 is 11.9 Å². The first-order valence-electron chi connectivity index (χ1n) is 7.88. The fraction of sp³-hybridized carbons (Fsp3) is 0.556. The van der Waals surface area contributed by atoms with E-state index in [4.69, 9.17) is 9.47 Å². The highest BCUT2D eigenvalue weighted by Gasteiger charge is 2.34. The summed E-state index contributed by atoms with van der Waals surface area (Å²) in [4.78, 5) is 26.4. The summed E-state index contributed by atoms with van der Waals surface area (Å²) in [6, 6.07) is 5.45. The number of Topliss-reactive ketones (excluding diaryl/α,β-unsaturated/α-hetero) is 1. The van der Waals surface area contributed by atoms with Crippen LogP contribution in [0.25, 0.3) is 0 Å². The lowest BCUT2D eigenvalue weighted by atomic mass is 9.94. The Balaban J connectivity index is 2.04. The van der Waals surface area contributed by atoms with E-state index in [0.29, 0.717) is 25.1 Å². The summed E-state index contributed by atoms with van der Waals surface area (Å²) in [6.45, 7) is 8.38. The molecule has 2 rings (SSSR count). The number of likely N-dealkylation sites (tertiary alicyclic amines) is 1. The van der Waals surface area contributed by atoms with E-state index in [2.05, 4.69) is 0 Å². The van der Waals surface area contributed by atoms with E-state index in [1.165, 1.54) is 0 Å². The maximum absolute atomic E-state index is 12.7. The second-order valence-electron chi connectivity index (χ2n) is 6.96. The van der Waals surface area contributed by atoms with Crippen LogP contribution >= 0.6 is 0 Å². The van der Waals surface area contributed by atoms with Crippen LogP contribution in [0.2, 0.25) is 0 Å². The molecule has 5 heteroatoms. The van der Waals surface area contributed by atoms with Crippen LogP contribution in [0.15, 0.2) is 18.2 Å². The first-order valence-corrected chi connectivity index (χ1v) is 7.88. The Morgan fingerprint density at radius 2 is 1.96 bits per heavy atom. The molecule has 0 bridgehead atoms. The molecule has 1 fully saturated rings. The van der Waals surface area contributed by atoms with Crippen molar-refractivity contribution in [3.05, 3.63) is 29.3 Å². The van der Waals surface area contributed by atoms with E-state index in [-0.39, 0.29) is 17.8 Å². The van der Waals surface area contributed by atoms with Crippen molar-refractivity contribution in [3.8, 4) is 5.75 Å². The normalized spacial score (nSPS) is 18.0. The molecule has 0 radical (unpaired) electrons. The molecule has 23 heavy (non-hydrogen) atoms. The van der Waals surface area contributed by atoms with E-state index in [9.17, 15) is 9.59 Å². The van der Waals surface area contributed by atoms with Gasteiger partial charge < -0.3 is 14.4 Å². The van der Waals surface area contributed by atoms with Crippen molar-refractivity contribution in [2.45, 2.75) is 39.7 Å². The predicted molar refractivity (Wildman–Crippen MR) is 88.0 cm³/mol. The highest BCUT2D eigenvalue weighted by atomic mass is 16.6. The van der Waals surface area contributed by atoms with E-state index in [0.717, 1.165) is 11.3 Å². The topological polar surface area (TPSA) is 55.8 Å². The summed E-state index contributed by atoms with van der Waals surface area (Å²) in [5, 5.41) is 0. The van der Waals surface area contributed by atoms with Gasteiger partial charge in [0.15, 0.2) is 5.78 Å². The van der Waals surface area contributed by atoms with Crippen LogP contribution in [0, 0.1) is 12.8 Å². The molecule has 0 spiro atoms. The van der Waals surface area contributed by atoms with Crippen LogP contribution in [0.4, 0.5) is 4.79 Å². The van der Waals surface area contributed by atoms with Crippen molar-refractivity contribution in [3.63, 3.8) is 0 Å². The predicted octanol–water partition coefficient (Wildman–Crippen LogP) is 3.44. The first-order chi connectivity index (χ1) is 10.7. The smallest absolute Gasteiger partial charge is 0.410 e. The molecule has 1 aliphatic heterocycles. The van der Waals surface area contributed by atoms with Gasteiger partial charge in [0.25, 0.3) is 0 Å². The van der Waals surface area contributed by atoms with E-state index in [1.807, 2.05) is 33.8 Å². The molecule has 1 atom stereocenters. The van der Waals surface area contributed by atoms with Gasteiger partial charge in [-0.2, -0.15) is 0 Å². The van der Waals surface area contributed by atoms with Crippen molar-refractivity contribution < 1.29 is 19.1 Å². The summed E-state index contributed by atoms with van der Waals surface area (Å²) in [5.74, 6) is 0.645. The van der Waals surface area contributed by atoms with Gasteiger partial charge in [-0.25, -0.2) is 4.79 Å². The molecule has 1 saturated heterocycles. The molecule has 0 aliphatic carbocycles. The summed E-state index contributed by atoms with van der Waals surface area (Å²) >= 11 is 0. The Morgan fingerprint density at radius 3 is 2.52 bits per heavy atom. The SMILES string of the molecule is COc1ccc(C(=O)[C@@H]2CCN(C(=O)OC(C)(C)C)C2)c(C)c1. The zero-order valence-corrected chi connectivity index (χ0v) is 14.5. The summed E-state index contributed by atoms with van der Waals surface area (Å²) in [5.41, 5.74) is 1.07. The van der Waals surface area contributed by atoms with Gasteiger partial charge >= 0.3 is 6.09 Å². The van der Waals surface area contributed by atoms with Gasteiger partial charge in [-0.05, 0) is 57.9 Å². The van der Waals surface area contributed by atoms with Crippen LogP contribution < -0.4 is 4.74 Å². The van der Waals surface area contributed by atoms with Crippen LogP contribution in [0.3, 0.4) is 0 Å². The second kappa shape index (κ2) is 6.60. The molecule has 0 aromatic heterocycles. The fourth-order valence-electron chi connectivity index (χ4n) is 2.73. The maximum atomic E-state index is 12.7. The molecular formula is C18H25NO4. The monoisotopic (exact) mass is 319 g/mol. The van der Waals surface area contributed by atoms with Crippen molar-refractivity contribution in [2.24, 2.45) is 5.92 Å². The minimum atomic E-state index is -0.522. The van der Waals surface area contributed by atoms with Gasteiger partial charge in [-0.3, -0.25) is 4.79 Å². The van der Waals surface area contributed by atoms with E-state index >= 15 is 0 Å². The number of hydrogen-bond donors (Lipinski definition) is 0. The van der Waals surface area contributed by atoms with Crippen LogP contribution in [-0.4, -0.2) is 42.6 Å². The molecule has 126 valence electrons. The number of ketones is 1. The number of nitrogens with zero attached hydrogens (tertiary/aromatic N) is 1. The number of hydrogen-bond acceptors (Lipinski definition) is 4. The third-order valence-corrected chi connectivity index (χ3v) is 3.91. The Labute approximate surface area is 137 Å². The average molecular weight is 319 g/mol. The third-order valence-electron chi connectivity index (χ3n) is 3.91. The van der Waals surface area contributed by atoms with Crippen LogP contribution in [0.5, 0.6) is 5.75 Å². The Hall–Kier alpha value is -2.04. The molecule has 0 N–H and O–H groups in total. The van der Waals surface area contributed by atoms with Gasteiger partial charge in [0.1, 0.15) is 11.4 Å². The average Bonchev–Trinajstić information content (AvgIpc) is 2.94. The Bertz CT molecular complexity index is 604. The third kappa shape index (κ3) is 4.24. The minimum Gasteiger partial charge on any atom is -0.497 e. The number of rotatable bonds is 3. The highest BCUT2D eigenvalue weighted by Crippen LogP contribution is 2.26. The number of aryl methyl sites for hydroxylation is 1. The van der Waals surface area contributed by atoms with Crippen LogP contribution in [0.1, 0.15) is 43.1 Å². The van der Waals surface area contributed by atoms with Crippen molar-refractivity contribution in [1.29, 1.82) is 0 Å². The fourth-order valence-corrected chi connectivity index (χ4v) is 2.73. The minimum absolute atomic E-state index is 0.0798. The largest absolute Gasteiger partial charge is 0.497 e. The number of carbonyl (C=O) groups excluding carboxylic acids is 2. The van der Waals surface area contributed by atoms with Gasteiger partial charge in [0.2, 0.25) is 0 Å². The number of amides is 1. The summed E-state index contributed by atoms with van der Waals surface area (Å²) in [7, 11) is 1.60. The lowest BCUT2D eigenvalue weighted by Crippen LogP contribution is -2.35. The van der Waals surface area contributed by atoms with Crippen LogP contribution in [-0.2, 0) is 4.74 Å². The van der Waals surface area contributed by atoms with Crippen molar-refractivity contribution in [2.75, 3.05) is 20.2 Å². The van der Waals surface area contributed by atoms with Gasteiger partial charge in [-0.1, -0.05) is 0 Å². The standard InChI is InChI=1S/C18H25NO4/c1-12-10-14(22-5)6-7-15(12)16(20)13-8-9-19(11-13)17(21)23-18(2,3)4/h6-7,10,13H,8-9,11H2,1-5H3/t13-/m1/s1. The Morgan fingerprint density at radius 1 is 1.26 bits per heavy atom. The lowest BCUT2D eigenvalue weighted by Gasteiger charge is -2.24. The van der Waals surface area contributed by atoms with Gasteiger partial charge in [-0.15, -0.1) is 0 Å². The molecule has 1 aliphatic rings. The van der Waals surface area contributed by atoms with E-state index in [1.54, 1.807) is 24.1 Å². The Kier molecular flexibility index (Phi) is 4.97. The van der Waals surface area contributed by atoms with E-state index < -0.39 is 5.60 Å². The molecule has 5 nitrogen and oxygen atoms in total. The van der Waals surface area contributed by atoms with Gasteiger partial charge in [0, 0.05) is 24.6 Å². The second-order valence-corrected chi connectivity index (χ2v) is 6.96. The van der Waals surface area contributed by atoms with Crippen molar-refractivity contribution in [1.82, 2.24) is 4.90 Å². The molecule has 0 unspecified atom stereocenters. The lowest BCUT2D eigenvalue weighted by molar-refractivity contribution is 0.0289. The first kappa shape index (κ1) is 17.3. The number of ether oxygens (including phenoxy) is 2. The molecule has 1 aromatic carbocycles. The quantitative estimate of drug-likeness (QED) is 0.801. The van der Waals surface area contributed by atoms with Gasteiger partial charge in [0.05, 0.1) is 7.11 Å². The molecular weight excluding hydrogens is 294 g/mol. The number of carbonyl (C=O) groups is 2. The zero-order chi connectivity index (χ0) is 17.2. The molecule has 0 saturated carbocycles. The molecule has 1 heterocycles.